The highest BCUT2D eigenvalue weighted by molar-refractivity contribution is 5.97. The maximum Gasteiger partial charge on any atom is 0.342 e. The Morgan fingerprint density at radius 2 is 1.76 bits per heavy atom. The largest absolute Gasteiger partial charge is 0.467 e. The SMILES string of the molecule is CCOCOc1cc2c(c(OCOCC)c1)C(=O)O[C@@H](C)CC(OCC)/C=C\[C@@H](O)CC/C=C/2. The van der Waals surface area contributed by atoms with Crippen LogP contribution in [-0.4, -0.2) is 62.8 Å². The van der Waals surface area contributed by atoms with Crippen molar-refractivity contribution in [2.75, 3.05) is 33.4 Å². The number of hydrogen-bond donors (Lipinski definition) is 1. The third-order valence-corrected chi connectivity index (χ3v) is 5.05. The molecule has 1 unspecified atom stereocenters. The van der Waals surface area contributed by atoms with Crippen molar-refractivity contribution < 1.29 is 38.3 Å². The molecule has 0 spiro atoms. The van der Waals surface area contributed by atoms with E-state index < -0.39 is 18.2 Å². The Kier molecular flexibility index (Phi) is 12.7. The average Bonchev–Trinajstić information content (AvgIpc) is 2.80. The lowest BCUT2D eigenvalue weighted by atomic mass is 10.0. The average molecular weight is 479 g/mol. The number of aliphatic hydroxyl groups excluding tert-OH is 1. The monoisotopic (exact) mass is 478 g/mol. The zero-order valence-corrected chi connectivity index (χ0v) is 20.7. The maximum absolute atomic E-state index is 13.3. The highest BCUT2D eigenvalue weighted by Gasteiger charge is 2.24. The first-order valence-corrected chi connectivity index (χ1v) is 11.9. The van der Waals surface area contributed by atoms with E-state index in [-0.39, 0.29) is 25.3 Å². The third kappa shape index (κ3) is 9.46. The Morgan fingerprint density at radius 3 is 2.47 bits per heavy atom. The normalized spacial score (nSPS) is 23.3. The molecule has 0 radical (unpaired) electrons. The van der Waals surface area contributed by atoms with E-state index in [0.29, 0.717) is 56.1 Å². The van der Waals surface area contributed by atoms with E-state index in [0.717, 1.165) is 0 Å². The number of carbonyl (C=O) groups excluding carboxylic acids is 1. The molecule has 1 aromatic rings. The lowest BCUT2D eigenvalue weighted by Gasteiger charge is -2.21. The van der Waals surface area contributed by atoms with E-state index in [1.165, 1.54) is 0 Å². The molecule has 1 N–H and O–H groups in total. The molecule has 34 heavy (non-hydrogen) atoms. The van der Waals surface area contributed by atoms with Crippen LogP contribution in [0.1, 0.15) is 62.9 Å². The van der Waals surface area contributed by atoms with Crippen molar-refractivity contribution in [3.8, 4) is 11.5 Å². The molecule has 8 heteroatoms. The van der Waals surface area contributed by atoms with Crippen LogP contribution in [0.4, 0.5) is 0 Å². The molecule has 0 aliphatic carbocycles. The lowest BCUT2D eigenvalue weighted by Crippen LogP contribution is -2.23. The van der Waals surface area contributed by atoms with E-state index in [2.05, 4.69) is 0 Å². The first kappa shape index (κ1) is 27.9. The number of allylic oxidation sites excluding steroid dienone is 1. The summed E-state index contributed by atoms with van der Waals surface area (Å²) in [5.74, 6) is 0.281. The van der Waals surface area contributed by atoms with Crippen LogP contribution in [-0.2, 0) is 18.9 Å². The Balaban J connectivity index is 2.43. The Bertz CT molecular complexity index is 804. The summed E-state index contributed by atoms with van der Waals surface area (Å²) >= 11 is 0. The molecule has 1 aromatic carbocycles. The summed E-state index contributed by atoms with van der Waals surface area (Å²) in [5, 5.41) is 10.3. The molecule has 1 aliphatic heterocycles. The van der Waals surface area contributed by atoms with Crippen molar-refractivity contribution in [1.29, 1.82) is 0 Å². The number of benzene rings is 1. The van der Waals surface area contributed by atoms with Gasteiger partial charge in [-0.05, 0) is 52.2 Å². The first-order valence-electron chi connectivity index (χ1n) is 11.9. The summed E-state index contributed by atoms with van der Waals surface area (Å²) in [7, 11) is 0. The number of cyclic esters (lactones) is 1. The van der Waals surface area contributed by atoms with Gasteiger partial charge in [-0.15, -0.1) is 0 Å². The highest BCUT2D eigenvalue weighted by Crippen LogP contribution is 2.32. The molecule has 0 amide bonds. The van der Waals surface area contributed by atoms with Crippen molar-refractivity contribution in [1.82, 2.24) is 0 Å². The Labute approximate surface area is 202 Å². The summed E-state index contributed by atoms with van der Waals surface area (Å²) in [6, 6.07) is 3.38. The van der Waals surface area contributed by atoms with Gasteiger partial charge in [0.25, 0.3) is 0 Å². The van der Waals surface area contributed by atoms with Gasteiger partial charge in [0.1, 0.15) is 23.2 Å². The fourth-order valence-corrected chi connectivity index (χ4v) is 3.40. The summed E-state index contributed by atoms with van der Waals surface area (Å²) in [6.07, 6.45) is 7.58. The zero-order valence-electron chi connectivity index (χ0n) is 20.7. The van der Waals surface area contributed by atoms with E-state index >= 15 is 0 Å². The van der Waals surface area contributed by atoms with E-state index in [4.69, 9.17) is 28.4 Å². The van der Waals surface area contributed by atoms with Crippen molar-refractivity contribution in [2.45, 2.75) is 65.3 Å². The van der Waals surface area contributed by atoms with Crippen LogP contribution in [0.2, 0.25) is 0 Å². The van der Waals surface area contributed by atoms with Gasteiger partial charge >= 0.3 is 5.97 Å². The minimum absolute atomic E-state index is 0.0200. The van der Waals surface area contributed by atoms with E-state index in [1.54, 1.807) is 18.2 Å². The van der Waals surface area contributed by atoms with Gasteiger partial charge in [0.2, 0.25) is 0 Å². The number of carbonyl (C=O) groups is 1. The molecular formula is C26H38O8. The number of ether oxygens (including phenoxy) is 6. The Morgan fingerprint density at radius 1 is 1.03 bits per heavy atom. The second-order valence-corrected chi connectivity index (χ2v) is 7.77. The molecule has 1 aliphatic rings. The van der Waals surface area contributed by atoms with Crippen molar-refractivity contribution in [3.63, 3.8) is 0 Å². The minimum Gasteiger partial charge on any atom is -0.467 e. The first-order chi connectivity index (χ1) is 16.5. The van der Waals surface area contributed by atoms with Crippen LogP contribution in [0.15, 0.2) is 30.4 Å². The maximum atomic E-state index is 13.3. The van der Waals surface area contributed by atoms with Crippen molar-refractivity contribution in [3.05, 3.63) is 41.5 Å². The molecule has 8 nitrogen and oxygen atoms in total. The zero-order chi connectivity index (χ0) is 24.8. The van der Waals surface area contributed by atoms with E-state index in [1.807, 2.05) is 45.9 Å². The molecule has 0 saturated carbocycles. The molecule has 2 rings (SSSR count). The van der Waals surface area contributed by atoms with Gasteiger partial charge in [0.15, 0.2) is 13.6 Å². The number of aliphatic hydroxyl groups is 1. The topological polar surface area (TPSA) is 92.7 Å². The third-order valence-electron chi connectivity index (χ3n) is 5.05. The molecule has 0 fully saturated rings. The summed E-state index contributed by atoms with van der Waals surface area (Å²) in [5.41, 5.74) is 0.869. The second-order valence-electron chi connectivity index (χ2n) is 7.77. The van der Waals surface area contributed by atoms with Crippen LogP contribution in [0.5, 0.6) is 11.5 Å². The smallest absolute Gasteiger partial charge is 0.342 e. The fraction of sp³-hybridized carbons (Fsp3) is 0.577. The predicted octanol–water partition coefficient (Wildman–Crippen LogP) is 4.50. The number of rotatable bonds is 10. The molecule has 3 atom stereocenters. The highest BCUT2D eigenvalue weighted by atomic mass is 16.7. The van der Waals surface area contributed by atoms with Crippen molar-refractivity contribution >= 4 is 12.0 Å². The summed E-state index contributed by atoms with van der Waals surface area (Å²) in [4.78, 5) is 13.3. The summed E-state index contributed by atoms with van der Waals surface area (Å²) in [6.45, 7) is 9.01. The quantitative estimate of drug-likeness (QED) is 0.227. The molecule has 0 bridgehead atoms. The Hall–Kier alpha value is -2.39. The van der Waals surface area contributed by atoms with Crippen LogP contribution in [0.25, 0.3) is 6.08 Å². The molecule has 190 valence electrons. The molecule has 0 saturated heterocycles. The molecule has 1 heterocycles. The van der Waals surface area contributed by atoms with Gasteiger partial charge in [0, 0.05) is 32.3 Å². The van der Waals surface area contributed by atoms with Crippen molar-refractivity contribution in [2.24, 2.45) is 0 Å². The number of esters is 1. The van der Waals surface area contributed by atoms with Gasteiger partial charge in [-0.2, -0.15) is 0 Å². The van der Waals surface area contributed by atoms with Crippen LogP contribution >= 0.6 is 0 Å². The lowest BCUT2D eigenvalue weighted by molar-refractivity contribution is 0.00926. The standard InChI is InChI=1S/C26H38O8/c1-5-29-17-32-23-15-20-10-8-9-11-21(27)12-13-22(31-7-3)14-19(4)34-26(28)25(20)24(16-23)33-18-30-6-2/h8,10,12-13,15-16,19,21-22,27H,5-7,9,11,14,17-18H2,1-4H3/b10-8+,13-12-/t19-,21-,22?/m0/s1. The van der Waals surface area contributed by atoms with Gasteiger partial charge < -0.3 is 33.5 Å². The summed E-state index contributed by atoms with van der Waals surface area (Å²) < 4.78 is 33.6. The van der Waals surface area contributed by atoms with Crippen LogP contribution in [0.3, 0.4) is 0 Å². The fourth-order valence-electron chi connectivity index (χ4n) is 3.40. The van der Waals surface area contributed by atoms with Gasteiger partial charge in [-0.3, -0.25) is 0 Å². The number of fused-ring (bicyclic) bond motifs is 1. The molecule has 0 aromatic heterocycles. The van der Waals surface area contributed by atoms with Crippen LogP contribution in [0, 0.1) is 0 Å². The van der Waals surface area contributed by atoms with Gasteiger partial charge in [-0.25, -0.2) is 4.79 Å². The van der Waals surface area contributed by atoms with Gasteiger partial charge in [0.05, 0.1) is 12.2 Å². The minimum atomic E-state index is -0.598. The predicted molar refractivity (Wildman–Crippen MR) is 129 cm³/mol. The second kappa shape index (κ2) is 15.5. The molecular weight excluding hydrogens is 440 g/mol. The number of hydrogen-bond acceptors (Lipinski definition) is 8. The van der Waals surface area contributed by atoms with Crippen LogP contribution < -0.4 is 9.47 Å². The van der Waals surface area contributed by atoms with E-state index in [9.17, 15) is 9.90 Å². The van der Waals surface area contributed by atoms with Gasteiger partial charge in [-0.1, -0.05) is 24.3 Å².